The fraction of sp³-hybridized carbons (Fsp3) is 0.450. The molecule has 0 unspecified atom stereocenters. The Bertz CT molecular complexity index is 694. The maximum Gasteiger partial charge on any atom is 0.253 e. The van der Waals surface area contributed by atoms with Gasteiger partial charge in [0.15, 0.2) is 0 Å². The Morgan fingerprint density at radius 3 is 2.42 bits per heavy atom. The Balaban J connectivity index is 1.55. The van der Waals surface area contributed by atoms with Gasteiger partial charge in [0.25, 0.3) is 5.91 Å². The van der Waals surface area contributed by atoms with Gasteiger partial charge in [-0.15, -0.1) is 0 Å². The van der Waals surface area contributed by atoms with E-state index < -0.39 is 0 Å². The number of hydrogen-bond donors (Lipinski definition) is 0. The number of likely N-dealkylation sites (tertiary alicyclic amines) is 1. The zero-order valence-corrected chi connectivity index (χ0v) is 15.5. The first-order chi connectivity index (χ1) is 12.7. The summed E-state index contributed by atoms with van der Waals surface area (Å²) in [5.74, 6) is 0.688. The molecule has 1 aliphatic rings. The average Bonchev–Trinajstić information content (AvgIpc) is 2.70. The summed E-state index contributed by atoms with van der Waals surface area (Å²) in [5.41, 5.74) is 1.90. The number of carbonyl (C=O) groups is 1. The standard InChI is InChI=1S/C20H26N4O2/c1-3-23(4-2)17-7-5-16(6-8-17)20(25)24-13-10-18(11-14-24)26-19-9-12-21-15-22-19/h5-9,12,15,18H,3-4,10-11,13-14H2,1-2H3. The maximum atomic E-state index is 12.7. The minimum absolute atomic E-state index is 0.0941. The lowest BCUT2D eigenvalue weighted by molar-refractivity contribution is 0.0587. The number of nitrogens with zero attached hydrogens (tertiary/aromatic N) is 4. The number of aromatic nitrogens is 2. The first-order valence-electron chi connectivity index (χ1n) is 9.28. The lowest BCUT2D eigenvalue weighted by Crippen LogP contribution is -2.41. The molecule has 1 aromatic heterocycles. The number of amides is 1. The predicted molar refractivity (Wildman–Crippen MR) is 102 cm³/mol. The largest absolute Gasteiger partial charge is 0.474 e. The Labute approximate surface area is 154 Å². The number of hydrogen-bond acceptors (Lipinski definition) is 5. The summed E-state index contributed by atoms with van der Waals surface area (Å²) in [4.78, 5) is 24.9. The normalized spacial score (nSPS) is 14.9. The molecule has 0 N–H and O–H groups in total. The smallest absolute Gasteiger partial charge is 0.253 e. The highest BCUT2D eigenvalue weighted by molar-refractivity contribution is 5.94. The van der Waals surface area contributed by atoms with Gasteiger partial charge in [-0.1, -0.05) is 0 Å². The van der Waals surface area contributed by atoms with Crippen LogP contribution < -0.4 is 9.64 Å². The van der Waals surface area contributed by atoms with Crippen molar-refractivity contribution >= 4 is 11.6 Å². The molecule has 0 spiro atoms. The SMILES string of the molecule is CCN(CC)c1ccc(C(=O)N2CCC(Oc3ccncn3)CC2)cc1. The lowest BCUT2D eigenvalue weighted by atomic mass is 10.1. The van der Waals surface area contributed by atoms with Crippen molar-refractivity contribution < 1.29 is 9.53 Å². The minimum Gasteiger partial charge on any atom is -0.474 e. The van der Waals surface area contributed by atoms with Crippen LogP contribution in [0.15, 0.2) is 42.9 Å². The van der Waals surface area contributed by atoms with Gasteiger partial charge in [0.2, 0.25) is 5.88 Å². The number of rotatable bonds is 6. The van der Waals surface area contributed by atoms with E-state index in [1.807, 2.05) is 29.2 Å². The number of anilines is 1. The Morgan fingerprint density at radius 2 is 1.85 bits per heavy atom. The van der Waals surface area contributed by atoms with Gasteiger partial charge in [0, 0.05) is 62.5 Å². The quantitative estimate of drug-likeness (QED) is 0.798. The van der Waals surface area contributed by atoms with E-state index in [2.05, 4.69) is 28.7 Å². The van der Waals surface area contributed by atoms with Crippen LogP contribution in [-0.4, -0.2) is 53.1 Å². The van der Waals surface area contributed by atoms with Gasteiger partial charge in [-0.05, 0) is 38.1 Å². The van der Waals surface area contributed by atoms with E-state index in [-0.39, 0.29) is 12.0 Å². The van der Waals surface area contributed by atoms with Crippen LogP contribution in [0.5, 0.6) is 5.88 Å². The monoisotopic (exact) mass is 354 g/mol. The van der Waals surface area contributed by atoms with Crippen LogP contribution in [0.4, 0.5) is 5.69 Å². The van der Waals surface area contributed by atoms with E-state index in [1.165, 1.54) is 6.33 Å². The summed E-state index contributed by atoms with van der Waals surface area (Å²) in [6.45, 7) is 7.60. The highest BCUT2D eigenvalue weighted by atomic mass is 16.5. The molecule has 138 valence electrons. The zero-order valence-electron chi connectivity index (χ0n) is 15.5. The van der Waals surface area contributed by atoms with E-state index in [1.54, 1.807) is 12.3 Å². The summed E-state index contributed by atoms with van der Waals surface area (Å²) in [6, 6.07) is 9.68. The van der Waals surface area contributed by atoms with Gasteiger partial charge in [0.1, 0.15) is 12.4 Å². The molecule has 1 saturated heterocycles. The molecule has 1 fully saturated rings. The molecule has 2 heterocycles. The molecule has 0 atom stereocenters. The minimum atomic E-state index is 0.0941. The second-order valence-corrected chi connectivity index (χ2v) is 6.38. The molecule has 26 heavy (non-hydrogen) atoms. The molecule has 0 radical (unpaired) electrons. The van der Waals surface area contributed by atoms with Crippen molar-refractivity contribution in [3.8, 4) is 5.88 Å². The van der Waals surface area contributed by atoms with Crippen LogP contribution in [-0.2, 0) is 0 Å². The van der Waals surface area contributed by atoms with E-state index in [9.17, 15) is 4.79 Å². The molecule has 3 rings (SSSR count). The molecule has 1 aliphatic heterocycles. The molecule has 1 aromatic carbocycles. The van der Waals surface area contributed by atoms with E-state index in [0.717, 1.165) is 37.2 Å². The molecule has 1 amide bonds. The summed E-state index contributed by atoms with van der Waals surface area (Å²) >= 11 is 0. The predicted octanol–water partition coefficient (Wildman–Crippen LogP) is 3.01. The maximum absolute atomic E-state index is 12.7. The number of ether oxygens (including phenoxy) is 1. The van der Waals surface area contributed by atoms with Gasteiger partial charge in [-0.2, -0.15) is 0 Å². The van der Waals surface area contributed by atoms with Crippen molar-refractivity contribution in [3.63, 3.8) is 0 Å². The summed E-state index contributed by atoms with van der Waals surface area (Å²) in [7, 11) is 0. The van der Waals surface area contributed by atoms with Crippen LogP contribution in [0.2, 0.25) is 0 Å². The zero-order chi connectivity index (χ0) is 18.4. The fourth-order valence-corrected chi connectivity index (χ4v) is 3.28. The number of piperidine rings is 1. The van der Waals surface area contributed by atoms with Crippen molar-refractivity contribution in [2.45, 2.75) is 32.8 Å². The lowest BCUT2D eigenvalue weighted by Gasteiger charge is -2.32. The topological polar surface area (TPSA) is 58.6 Å². The molecule has 6 heteroatoms. The molecule has 0 saturated carbocycles. The third-order valence-electron chi connectivity index (χ3n) is 4.81. The third kappa shape index (κ3) is 4.31. The van der Waals surface area contributed by atoms with Crippen LogP contribution >= 0.6 is 0 Å². The molecule has 0 bridgehead atoms. The van der Waals surface area contributed by atoms with Crippen molar-refractivity contribution in [2.75, 3.05) is 31.1 Å². The molecule has 6 nitrogen and oxygen atoms in total. The first kappa shape index (κ1) is 18.2. The van der Waals surface area contributed by atoms with E-state index in [0.29, 0.717) is 19.0 Å². The van der Waals surface area contributed by atoms with Crippen molar-refractivity contribution in [2.24, 2.45) is 0 Å². The van der Waals surface area contributed by atoms with Gasteiger partial charge < -0.3 is 14.5 Å². The van der Waals surface area contributed by atoms with Gasteiger partial charge in [-0.3, -0.25) is 4.79 Å². The van der Waals surface area contributed by atoms with E-state index in [4.69, 9.17) is 4.74 Å². The van der Waals surface area contributed by atoms with Crippen molar-refractivity contribution in [3.05, 3.63) is 48.4 Å². The van der Waals surface area contributed by atoms with Crippen molar-refractivity contribution in [1.82, 2.24) is 14.9 Å². The van der Waals surface area contributed by atoms with Gasteiger partial charge in [-0.25, -0.2) is 9.97 Å². The Morgan fingerprint density at radius 1 is 1.15 bits per heavy atom. The summed E-state index contributed by atoms with van der Waals surface area (Å²) in [5, 5.41) is 0. The highest BCUT2D eigenvalue weighted by Crippen LogP contribution is 2.20. The van der Waals surface area contributed by atoms with Crippen LogP contribution in [0.1, 0.15) is 37.0 Å². The Hall–Kier alpha value is -2.63. The first-order valence-corrected chi connectivity index (χ1v) is 9.28. The van der Waals surface area contributed by atoms with Crippen LogP contribution in [0.3, 0.4) is 0 Å². The van der Waals surface area contributed by atoms with Crippen molar-refractivity contribution in [1.29, 1.82) is 0 Å². The number of benzene rings is 1. The molecule has 2 aromatic rings. The van der Waals surface area contributed by atoms with Gasteiger partial charge in [0.05, 0.1) is 0 Å². The van der Waals surface area contributed by atoms with Crippen LogP contribution in [0.25, 0.3) is 0 Å². The fourth-order valence-electron chi connectivity index (χ4n) is 3.28. The second kappa shape index (κ2) is 8.65. The number of carbonyl (C=O) groups excluding carboxylic acids is 1. The highest BCUT2D eigenvalue weighted by Gasteiger charge is 2.25. The van der Waals surface area contributed by atoms with Gasteiger partial charge >= 0.3 is 0 Å². The average molecular weight is 354 g/mol. The van der Waals surface area contributed by atoms with E-state index >= 15 is 0 Å². The Kier molecular flexibility index (Phi) is 6.04. The third-order valence-corrected chi connectivity index (χ3v) is 4.81. The molecular formula is C20H26N4O2. The molecular weight excluding hydrogens is 328 g/mol. The van der Waals surface area contributed by atoms with Crippen LogP contribution in [0, 0.1) is 0 Å². The second-order valence-electron chi connectivity index (χ2n) is 6.38. The summed E-state index contributed by atoms with van der Waals surface area (Å²) in [6.07, 6.45) is 4.87. The summed E-state index contributed by atoms with van der Waals surface area (Å²) < 4.78 is 5.86. The molecule has 0 aliphatic carbocycles.